The van der Waals surface area contributed by atoms with Crippen molar-refractivity contribution in [2.24, 2.45) is 5.41 Å². The van der Waals surface area contributed by atoms with Crippen molar-refractivity contribution in [3.05, 3.63) is 0 Å². The molecule has 0 unspecified atom stereocenters. The Hall–Kier alpha value is -0.570. The molecular weight excluding hydrogens is 224 g/mol. The van der Waals surface area contributed by atoms with Crippen LogP contribution < -0.4 is 10.6 Å². The summed E-state index contributed by atoms with van der Waals surface area (Å²) in [5.41, 5.74) is 0.350. The number of hydrogen-bond acceptors (Lipinski definition) is 2. The van der Waals surface area contributed by atoms with E-state index < -0.39 is 0 Å². The first-order valence-electron chi connectivity index (χ1n) is 7.33. The van der Waals surface area contributed by atoms with Crippen LogP contribution in [0.15, 0.2) is 0 Å². The largest absolute Gasteiger partial charge is 0.356 e. The number of carbonyl (C=O) groups is 1. The number of rotatable bonds is 5. The van der Waals surface area contributed by atoms with Gasteiger partial charge in [0, 0.05) is 18.5 Å². The van der Waals surface area contributed by atoms with Gasteiger partial charge in [-0.25, -0.2) is 0 Å². The number of amides is 1. The van der Waals surface area contributed by atoms with E-state index in [0.29, 0.717) is 11.8 Å². The van der Waals surface area contributed by atoms with Crippen LogP contribution in [-0.2, 0) is 4.79 Å². The van der Waals surface area contributed by atoms with E-state index in [1.54, 1.807) is 0 Å². The van der Waals surface area contributed by atoms with Crippen LogP contribution in [0.2, 0.25) is 0 Å². The van der Waals surface area contributed by atoms with Gasteiger partial charge in [-0.05, 0) is 31.7 Å². The van der Waals surface area contributed by atoms with Crippen molar-refractivity contribution in [1.82, 2.24) is 10.6 Å². The summed E-state index contributed by atoms with van der Waals surface area (Å²) in [6.07, 6.45) is 7.74. The first kappa shape index (κ1) is 15.5. The predicted molar refractivity (Wildman–Crippen MR) is 76.6 cm³/mol. The highest BCUT2D eigenvalue weighted by Crippen LogP contribution is 2.30. The van der Waals surface area contributed by atoms with E-state index >= 15 is 0 Å². The Morgan fingerprint density at radius 2 is 1.78 bits per heavy atom. The molecule has 0 aromatic heterocycles. The Balaban J connectivity index is 2.33. The molecule has 0 radical (unpaired) electrons. The minimum absolute atomic E-state index is 0.0596. The fraction of sp³-hybridized carbons (Fsp3) is 0.933. The molecule has 0 atom stereocenters. The average molecular weight is 254 g/mol. The van der Waals surface area contributed by atoms with Gasteiger partial charge >= 0.3 is 0 Å². The molecule has 1 aliphatic carbocycles. The van der Waals surface area contributed by atoms with Gasteiger partial charge in [0.05, 0.1) is 0 Å². The SMILES string of the molecule is CNC1(CC(=O)NCCC(C)(C)C)CCCCC1. The summed E-state index contributed by atoms with van der Waals surface area (Å²) in [5.74, 6) is 0.204. The highest BCUT2D eigenvalue weighted by Gasteiger charge is 2.32. The van der Waals surface area contributed by atoms with E-state index in [1.807, 2.05) is 7.05 Å². The van der Waals surface area contributed by atoms with Crippen LogP contribution in [0, 0.1) is 5.41 Å². The van der Waals surface area contributed by atoms with Gasteiger partial charge in [-0.2, -0.15) is 0 Å². The molecule has 0 saturated heterocycles. The fourth-order valence-electron chi connectivity index (χ4n) is 2.69. The maximum atomic E-state index is 12.0. The van der Waals surface area contributed by atoms with E-state index in [9.17, 15) is 4.79 Å². The molecule has 0 heterocycles. The summed E-state index contributed by atoms with van der Waals surface area (Å²) in [6.45, 7) is 7.41. The van der Waals surface area contributed by atoms with Crippen molar-refractivity contribution >= 4 is 5.91 Å². The Labute approximate surface area is 112 Å². The summed E-state index contributed by atoms with van der Waals surface area (Å²) in [4.78, 5) is 12.0. The predicted octanol–water partition coefficient (Wildman–Crippen LogP) is 2.85. The van der Waals surface area contributed by atoms with Crippen molar-refractivity contribution in [3.8, 4) is 0 Å². The maximum absolute atomic E-state index is 12.0. The van der Waals surface area contributed by atoms with E-state index in [0.717, 1.165) is 25.8 Å². The highest BCUT2D eigenvalue weighted by atomic mass is 16.1. The number of nitrogens with one attached hydrogen (secondary N) is 2. The summed E-state index contributed by atoms with van der Waals surface area (Å²) >= 11 is 0. The molecule has 0 aromatic rings. The third-order valence-corrected chi connectivity index (χ3v) is 4.04. The second-order valence-electron chi connectivity index (χ2n) is 6.93. The van der Waals surface area contributed by atoms with E-state index in [4.69, 9.17) is 0 Å². The molecule has 0 bridgehead atoms. The molecule has 1 fully saturated rings. The van der Waals surface area contributed by atoms with E-state index in [1.165, 1.54) is 19.3 Å². The lowest BCUT2D eigenvalue weighted by Crippen LogP contribution is -2.48. The van der Waals surface area contributed by atoms with Crippen LogP contribution in [0.5, 0.6) is 0 Å². The normalized spacial score (nSPS) is 19.6. The molecule has 0 aromatic carbocycles. The molecule has 3 heteroatoms. The smallest absolute Gasteiger partial charge is 0.221 e. The molecule has 2 N–H and O–H groups in total. The van der Waals surface area contributed by atoms with Gasteiger partial charge in [0.1, 0.15) is 0 Å². The summed E-state index contributed by atoms with van der Waals surface area (Å²) in [5, 5.41) is 6.46. The van der Waals surface area contributed by atoms with Crippen LogP contribution in [0.3, 0.4) is 0 Å². The van der Waals surface area contributed by atoms with Crippen LogP contribution in [0.1, 0.15) is 65.7 Å². The molecule has 0 aliphatic heterocycles. The van der Waals surface area contributed by atoms with Gasteiger partial charge in [-0.15, -0.1) is 0 Å². The average Bonchev–Trinajstić information content (AvgIpc) is 2.28. The van der Waals surface area contributed by atoms with Gasteiger partial charge in [0.25, 0.3) is 0 Å². The van der Waals surface area contributed by atoms with Crippen molar-refractivity contribution < 1.29 is 4.79 Å². The monoisotopic (exact) mass is 254 g/mol. The summed E-state index contributed by atoms with van der Waals surface area (Å²) in [7, 11) is 1.99. The third-order valence-electron chi connectivity index (χ3n) is 4.04. The molecule has 1 rings (SSSR count). The lowest BCUT2D eigenvalue weighted by molar-refractivity contribution is -0.123. The number of carbonyl (C=O) groups excluding carboxylic acids is 1. The highest BCUT2D eigenvalue weighted by molar-refractivity contribution is 5.77. The molecule has 1 saturated carbocycles. The Morgan fingerprint density at radius 1 is 1.17 bits per heavy atom. The topological polar surface area (TPSA) is 41.1 Å². The Kier molecular flexibility index (Phi) is 5.64. The second-order valence-corrected chi connectivity index (χ2v) is 6.93. The zero-order valence-corrected chi connectivity index (χ0v) is 12.6. The molecule has 0 spiro atoms. The minimum atomic E-state index is 0.0596. The van der Waals surface area contributed by atoms with Gasteiger partial charge in [0.15, 0.2) is 0 Å². The first-order chi connectivity index (χ1) is 8.37. The van der Waals surface area contributed by atoms with E-state index in [-0.39, 0.29) is 11.4 Å². The van der Waals surface area contributed by atoms with Gasteiger partial charge in [0.2, 0.25) is 5.91 Å². The second kappa shape index (κ2) is 6.55. The minimum Gasteiger partial charge on any atom is -0.356 e. The van der Waals surface area contributed by atoms with Crippen molar-refractivity contribution in [1.29, 1.82) is 0 Å². The van der Waals surface area contributed by atoms with Crippen molar-refractivity contribution in [2.75, 3.05) is 13.6 Å². The van der Waals surface area contributed by atoms with Crippen LogP contribution in [0.4, 0.5) is 0 Å². The van der Waals surface area contributed by atoms with Crippen molar-refractivity contribution in [3.63, 3.8) is 0 Å². The third kappa shape index (κ3) is 5.38. The molecule has 106 valence electrons. The molecular formula is C15H30N2O. The maximum Gasteiger partial charge on any atom is 0.221 e. The van der Waals surface area contributed by atoms with Crippen LogP contribution in [-0.4, -0.2) is 25.0 Å². The molecule has 18 heavy (non-hydrogen) atoms. The van der Waals surface area contributed by atoms with Gasteiger partial charge in [-0.1, -0.05) is 40.0 Å². The summed E-state index contributed by atoms with van der Waals surface area (Å²) < 4.78 is 0. The molecule has 3 nitrogen and oxygen atoms in total. The first-order valence-corrected chi connectivity index (χ1v) is 7.33. The lowest BCUT2D eigenvalue weighted by atomic mass is 9.79. The van der Waals surface area contributed by atoms with Crippen LogP contribution >= 0.6 is 0 Å². The molecule has 1 aliphatic rings. The number of hydrogen-bond donors (Lipinski definition) is 2. The zero-order chi connectivity index (χ0) is 13.6. The molecule has 1 amide bonds. The van der Waals surface area contributed by atoms with E-state index in [2.05, 4.69) is 31.4 Å². The fourth-order valence-corrected chi connectivity index (χ4v) is 2.69. The Morgan fingerprint density at radius 3 is 2.28 bits per heavy atom. The zero-order valence-electron chi connectivity index (χ0n) is 12.6. The standard InChI is InChI=1S/C15H30N2O/c1-14(2,3)10-11-17-13(18)12-15(16-4)8-6-5-7-9-15/h16H,5-12H2,1-4H3,(H,17,18). The lowest BCUT2D eigenvalue weighted by Gasteiger charge is -2.36. The quantitative estimate of drug-likeness (QED) is 0.792. The van der Waals surface area contributed by atoms with Crippen molar-refractivity contribution in [2.45, 2.75) is 71.3 Å². The van der Waals surface area contributed by atoms with Gasteiger partial charge in [-0.3, -0.25) is 4.79 Å². The van der Waals surface area contributed by atoms with Crippen LogP contribution in [0.25, 0.3) is 0 Å². The van der Waals surface area contributed by atoms with Gasteiger partial charge < -0.3 is 10.6 Å². The summed E-state index contributed by atoms with van der Waals surface area (Å²) in [6, 6.07) is 0. The Bertz CT molecular complexity index is 262.